The number of carboxylic acids is 1. The van der Waals surface area contributed by atoms with Crippen molar-refractivity contribution in [3.63, 3.8) is 0 Å². The third-order valence-corrected chi connectivity index (χ3v) is 8.88. The molecule has 0 heterocycles. The molecule has 0 aromatic heterocycles. The van der Waals surface area contributed by atoms with Gasteiger partial charge in [-0.15, -0.1) is 0 Å². The van der Waals surface area contributed by atoms with E-state index in [1.54, 1.807) is 18.7 Å². The van der Waals surface area contributed by atoms with E-state index >= 15 is 0 Å². The zero-order valence-electron chi connectivity index (χ0n) is 22.7. The molecule has 35 heavy (non-hydrogen) atoms. The predicted octanol–water partition coefficient (Wildman–Crippen LogP) is 7.69. The maximum absolute atomic E-state index is 11.8. The number of carbonyl (C=O) groups excluding carboxylic acids is 1. The first-order chi connectivity index (χ1) is 16.9. The molecule has 0 unspecified atom stereocenters. The Hall–Kier alpha value is -1.01. The molecule has 1 aliphatic rings. The van der Waals surface area contributed by atoms with E-state index in [2.05, 4.69) is 13.0 Å². The highest BCUT2D eigenvalue weighted by Crippen LogP contribution is 2.48. The molecule has 0 aromatic rings. The van der Waals surface area contributed by atoms with Crippen molar-refractivity contribution in [2.45, 2.75) is 141 Å². The van der Waals surface area contributed by atoms with Gasteiger partial charge in [0.15, 0.2) is 0 Å². The van der Waals surface area contributed by atoms with Crippen molar-refractivity contribution < 1.29 is 24.5 Å². The summed E-state index contributed by atoms with van der Waals surface area (Å²) in [6.45, 7) is 6.41. The number of allylic oxidation sites excluding steroid dienone is 1. The Morgan fingerprint density at radius 2 is 1.60 bits per heavy atom. The van der Waals surface area contributed by atoms with Crippen LogP contribution in [-0.4, -0.2) is 45.9 Å². The van der Waals surface area contributed by atoms with Gasteiger partial charge in [0.25, 0.3) is 0 Å². The zero-order valence-corrected chi connectivity index (χ0v) is 23.5. The van der Waals surface area contributed by atoms with Gasteiger partial charge in [-0.3, -0.25) is 9.59 Å². The molecular weight excluding hydrogens is 460 g/mol. The second kappa shape index (κ2) is 19.1. The lowest BCUT2D eigenvalue weighted by Crippen LogP contribution is -2.47. The van der Waals surface area contributed by atoms with Crippen molar-refractivity contribution in [3.05, 3.63) is 11.6 Å². The molecule has 0 aliphatic heterocycles. The van der Waals surface area contributed by atoms with Crippen molar-refractivity contribution in [1.29, 1.82) is 0 Å². The topological polar surface area (TPSA) is 83.8 Å². The summed E-state index contributed by atoms with van der Waals surface area (Å²) in [6.07, 6.45) is 19.6. The summed E-state index contributed by atoms with van der Waals surface area (Å²) in [7, 11) is 0. The molecule has 2 N–H and O–H groups in total. The van der Waals surface area contributed by atoms with Gasteiger partial charge in [0.1, 0.15) is 0 Å². The molecule has 1 rings (SSSR count). The molecule has 0 spiro atoms. The van der Waals surface area contributed by atoms with Gasteiger partial charge < -0.3 is 14.9 Å². The molecular formula is C29H52O5S. The maximum atomic E-state index is 11.8. The number of aliphatic hydroxyl groups is 1. The van der Waals surface area contributed by atoms with Crippen molar-refractivity contribution >= 4 is 23.7 Å². The van der Waals surface area contributed by atoms with Gasteiger partial charge in [0.05, 0.1) is 30.8 Å². The fourth-order valence-corrected chi connectivity index (χ4v) is 6.66. The predicted molar refractivity (Wildman–Crippen MR) is 147 cm³/mol. The van der Waals surface area contributed by atoms with E-state index in [-0.39, 0.29) is 17.6 Å². The van der Waals surface area contributed by atoms with Crippen LogP contribution in [0.4, 0.5) is 0 Å². The van der Waals surface area contributed by atoms with Crippen LogP contribution in [-0.2, 0) is 14.3 Å². The number of aliphatic hydroxyl groups excluding tert-OH is 1. The number of carboxylic acid groups (broad SMARTS) is 1. The van der Waals surface area contributed by atoms with Crippen molar-refractivity contribution in [2.24, 2.45) is 5.41 Å². The van der Waals surface area contributed by atoms with Crippen LogP contribution in [0.3, 0.4) is 0 Å². The molecule has 0 radical (unpaired) electrons. The van der Waals surface area contributed by atoms with E-state index in [9.17, 15) is 19.8 Å². The first kappa shape index (κ1) is 32.0. The van der Waals surface area contributed by atoms with Crippen LogP contribution in [0.15, 0.2) is 11.6 Å². The minimum atomic E-state index is -0.852. The highest BCUT2D eigenvalue weighted by Gasteiger charge is 2.46. The summed E-state index contributed by atoms with van der Waals surface area (Å²) in [4.78, 5) is 23.3. The number of carbonyl (C=O) groups is 2. The van der Waals surface area contributed by atoms with E-state index in [1.165, 1.54) is 69.8 Å². The van der Waals surface area contributed by atoms with Gasteiger partial charge in [0, 0.05) is 11.2 Å². The fourth-order valence-electron chi connectivity index (χ4n) is 5.23. The summed E-state index contributed by atoms with van der Waals surface area (Å²) >= 11 is 1.58. The molecule has 0 saturated heterocycles. The van der Waals surface area contributed by atoms with E-state index in [1.807, 2.05) is 6.92 Å². The summed E-state index contributed by atoms with van der Waals surface area (Å²) in [5.41, 5.74) is 0.634. The Bertz CT molecular complexity index is 620. The Balaban J connectivity index is 2.53. The van der Waals surface area contributed by atoms with Crippen molar-refractivity contribution in [3.8, 4) is 0 Å². The second-order valence-corrected chi connectivity index (χ2v) is 11.4. The third-order valence-electron chi connectivity index (χ3n) is 7.52. The summed E-state index contributed by atoms with van der Waals surface area (Å²) < 4.78 is 5.04. The van der Waals surface area contributed by atoms with Crippen LogP contribution in [0.25, 0.3) is 0 Å². The van der Waals surface area contributed by atoms with Crippen LogP contribution in [0, 0.1) is 5.41 Å². The van der Waals surface area contributed by atoms with Gasteiger partial charge in [-0.2, -0.15) is 11.8 Å². The first-order valence-electron chi connectivity index (χ1n) is 14.3. The molecule has 6 heteroatoms. The Labute approximate surface area is 218 Å². The number of ether oxygens (including phenoxy) is 1. The lowest BCUT2D eigenvalue weighted by Gasteiger charge is -2.45. The molecule has 1 saturated carbocycles. The summed E-state index contributed by atoms with van der Waals surface area (Å²) in [6, 6.07) is 0. The molecule has 5 nitrogen and oxygen atoms in total. The number of hydrogen-bond donors (Lipinski definition) is 2. The summed E-state index contributed by atoms with van der Waals surface area (Å²) in [5, 5.41) is 20.6. The number of hydrogen-bond acceptors (Lipinski definition) is 5. The second-order valence-electron chi connectivity index (χ2n) is 10.2. The lowest BCUT2D eigenvalue weighted by molar-refractivity contribution is -0.143. The Morgan fingerprint density at radius 3 is 2.14 bits per heavy atom. The summed E-state index contributed by atoms with van der Waals surface area (Å²) in [5.74, 6) is -0.498. The maximum Gasteiger partial charge on any atom is 0.306 e. The van der Waals surface area contributed by atoms with Crippen LogP contribution < -0.4 is 0 Å². The quantitative estimate of drug-likeness (QED) is 0.0988. The smallest absolute Gasteiger partial charge is 0.306 e. The number of rotatable bonds is 20. The molecule has 1 aliphatic carbocycles. The average molecular weight is 513 g/mol. The van der Waals surface area contributed by atoms with E-state index in [0.29, 0.717) is 31.6 Å². The van der Waals surface area contributed by atoms with Crippen LogP contribution in [0.1, 0.15) is 130 Å². The van der Waals surface area contributed by atoms with Crippen LogP contribution in [0.5, 0.6) is 0 Å². The van der Waals surface area contributed by atoms with Gasteiger partial charge >= 0.3 is 11.9 Å². The molecule has 1 fully saturated rings. The highest BCUT2D eigenvalue weighted by atomic mass is 32.2. The first-order valence-corrected chi connectivity index (χ1v) is 15.3. The standard InChI is InChI=1S/C29H52O5S/c1-4-7-8-9-10-11-12-13-14-15-16-17-18-24-19-21-29(5-2,23-25(30)31)28(33)27(24)35-22-20-26(32)34-6-3/h18,27-28,33H,4-17,19-23H2,1-3H3,(H,30,31)/t27-,28-,29-/m1/s1. The Kier molecular flexibility index (Phi) is 17.5. The normalized spacial score (nSPS) is 23.5. The SMILES string of the molecule is CCCCCCCCCCCCCC=C1CC[C@](CC)(CC(=O)O)[C@H](O)[C@@H]1SCCC(=O)OCC. The van der Waals surface area contributed by atoms with E-state index in [0.717, 1.165) is 19.3 Å². The third kappa shape index (κ3) is 12.7. The minimum Gasteiger partial charge on any atom is -0.481 e. The molecule has 0 aromatic carbocycles. The largest absolute Gasteiger partial charge is 0.481 e. The Morgan fingerprint density at radius 1 is 1.00 bits per heavy atom. The monoisotopic (exact) mass is 512 g/mol. The average Bonchev–Trinajstić information content (AvgIpc) is 2.83. The molecule has 3 atom stereocenters. The molecule has 204 valence electrons. The number of thioether (sulfide) groups is 1. The lowest BCUT2D eigenvalue weighted by atomic mass is 9.66. The van der Waals surface area contributed by atoms with Gasteiger partial charge in [-0.1, -0.05) is 89.7 Å². The molecule has 0 bridgehead atoms. The zero-order chi connectivity index (χ0) is 25.9. The number of esters is 1. The molecule has 0 amide bonds. The highest BCUT2D eigenvalue weighted by molar-refractivity contribution is 8.00. The van der Waals surface area contributed by atoms with Gasteiger partial charge in [-0.05, 0) is 39.0 Å². The van der Waals surface area contributed by atoms with Crippen LogP contribution >= 0.6 is 11.8 Å². The number of unbranched alkanes of at least 4 members (excludes halogenated alkanes) is 11. The van der Waals surface area contributed by atoms with E-state index < -0.39 is 17.5 Å². The van der Waals surface area contributed by atoms with Crippen molar-refractivity contribution in [2.75, 3.05) is 12.4 Å². The van der Waals surface area contributed by atoms with Crippen molar-refractivity contribution in [1.82, 2.24) is 0 Å². The fraction of sp³-hybridized carbons (Fsp3) is 0.862. The van der Waals surface area contributed by atoms with Gasteiger partial charge in [0.2, 0.25) is 0 Å². The van der Waals surface area contributed by atoms with Crippen LogP contribution in [0.2, 0.25) is 0 Å². The number of aliphatic carboxylic acids is 1. The minimum absolute atomic E-state index is 0.00845. The van der Waals surface area contributed by atoms with E-state index in [4.69, 9.17) is 4.74 Å². The van der Waals surface area contributed by atoms with Gasteiger partial charge in [-0.25, -0.2) is 0 Å².